The molecule has 1 saturated heterocycles. The van der Waals surface area contributed by atoms with Crippen LogP contribution in [0.2, 0.25) is 0 Å². The highest BCUT2D eigenvalue weighted by atomic mass is 79.9. The number of piperidine rings is 1. The van der Waals surface area contributed by atoms with Crippen LogP contribution in [0.25, 0.3) is 0 Å². The number of anilines is 1. The molecule has 28 heavy (non-hydrogen) atoms. The molecule has 8 nitrogen and oxygen atoms in total. The lowest BCUT2D eigenvalue weighted by atomic mass is 10.0. The molecule has 1 fully saturated rings. The quantitative estimate of drug-likeness (QED) is 0.502. The first-order valence-electron chi connectivity index (χ1n) is 8.73. The van der Waals surface area contributed by atoms with Crippen molar-refractivity contribution in [1.29, 1.82) is 0 Å². The Bertz CT molecular complexity index is 866. The SMILES string of the molecule is O=C(CN1CCC(NC(=O)c2cccs2)CC1)Nc1ccc([N+](=O)[O-])cc1Br. The maximum absolute atomic E-state index is 12.3. The number of non-ortho nitro benzene ring substituents is 1. The number of thiophene rings is 1. The molecule has 0 atom stereocenters. The number of nitro groups is 1. The molecule has 3 rings (SSSR count). The van der Waals surface area contributed by atoms with Crippen molar-refractivity contribution in [2.75, 3.05) is 25.0 Å². The van der Waals surface area contributed by atoms with Crippen molar-refractivity contribution in [2.24, 2.45) is 0 Å². The van der Waals surface area contributed by atoms with Gasteiger partial charge in [0.15, 0.2) is 0 Å². The molecule has 0 spiro atoms. The number of nitrogens with one attached hydrogen (secondary N) is 2. The molecule has 148 valence electrons. The van der Waals surface area contributed by atoms with Crippen molar-refractivity contribution in [3.63, 3.8) is 0 Å². The largest absolute Gasteiger partial charge is 0.349 e. The van der Waals surface area contributed by atoms with Gasteiger partial charge in [-0.3, -0.25) is 24.6 Å². The third kappa shape index (κ3) is 5.37. The Morgan fingerprint density at radius 3 is 2.64 bits per heavy atom. The van der Waals surface area contributed by atoms with E-state index >= 15 is 0 Å². The first kappa shape index (κ1) is 20.4. The fourth-order valence-electron chi connectivity index (χ4n) is 3.01. The number of likely N-dealkylation sites (tertiary alicyclic amines) is 1. The number of nitro benzene ring substituents is 1. The Morgan fingerprint density at radius 2 is 2.04 bits per heavy atom. The van der Waals surface area contributed by atoms with Crippen LogP contribution in [0.3, 0.4) is 0 Å². The van der Waals surface area contributed by atoms with Crippen LogP contribution < -0.4 is 10.6 Å². The number of benzene rings is 1. The fraction of sp³-hybridized carbons (Fsp3) is 0.333. The van der Waals surface area contributed by atoms with Crippen molar-refractivity contribution in [3.8, 4) is 0 Å². The van der Waals surface area contributed by atoms with Gasteiger partial charge in [0.1, 0.15) is 0 Å². The van der Waals surface area contributed by atoms with Crippen LogP contribution in [0.1, 0.15) is 22.5 Å². The van der Waals surface area contributed by atoms with E-state index in [2.05, 4.69) is 26.6 Å². The highest BCUT2D eigenvalue weighted by Crippen LogP contribution is 2.27. The van der Waals surface area contributed by atoms with Gasteiger partial charge in [0, 0.05) is 35.7 Å². The fourth-order valence-corrected chi connectivity index (χ4v) is 4.10. The second-order valence-corrected chi connectivity index (χ2v) is 8.27. The zero-order valence-electron chi connectivity index (χ0n) is 14.9. The summed E-state index contributed by atoms with van der Waals surface area (Å²) >= 11 is 4.66. The standard InChI is InChI=1S/C18H19BrN4O4S/c19-14-10-13(23(26)27)3-4-15(14)21-17(24)11-22-7-5-12(6-8-22)20-18(25)16-2-1-9-28-16/h1-4,9-10,12H,5-8,11H2,(H,20,25)(H,21,24). The zero-order valence-corrected chi connectivity index (χ0v) is 17.3. The summed E-state index contributed by atoms with van der Waals surface area (Å²) in [6.45, 7) is 1.66. The molecule has 1 aliphatic heterocycles. The molecule has 1 aromatic heterocycles. The number of carbonyl (C=O) groups excluding carboxylic acids is 2. The van der Waals surface area contributed by atoms with Gasteiger partial charge in [0.2, 0.25) is 5.91 Å². The average molecular weight is 467 g/mol. The van der Waals surface area contributed by atoms with E-state index < -0.39 is 4.92 Å². The molecule has 0 saturated carbocycles. The van der Waals surface area contributed by atoms with Crippen LogP contribution in [0.4, 0.5) is 11.4 Å². The lowest BCUT2D eigenvalue weighted by Crippen LogP contribution is -2.46. The van der Waals surface area contributed by atoms with Crippen molar-refractivity contribution in [3.05, 3.63) is 55.2 Å². The number of amides is 2. The monoisotopic (exact) mass is 466 g/mol. The van der Waals surface area contributed by atoms with Gasteiger partial charge in [-0.15, -0.1) is 11.3 Å². The van der Waals surface area contributed by atoms with Gasteiger partial charge >= 0.3 is 0 Å². The highest BCUT2D eigenvalue weighted by Gasteiger charge is 2.23. The molecule has 2 amide bonds. The van der Waals surface area contributed by atoms with Gasteiger partial charge in [-0.25, -0.2) is 0 Å². The summed E-state index contributed by atoms with van der Waals surface area (Å²) in [6.07, 6.45) is 1.57. The van der Waals surface area contributed by atoms with Crippen molar-refractivity contribution < 1.29 is 14.5 Å². The van der Waals surface area contributed by atoms with E-state index in [-0.39, 0.29) is 30.1 Å². The zero-order chi connectivity index (χ0) is 20.1. The van der Waals surface area contributed by atoms with Gasteiger partial charge in [-0.2, -0.15) is 0 Å². The van der Waals surface area contributed by atoms with Crippen LogP contribution >= 0.6 is 27.3 Å². The molecule has 10 heteroatoms. The molecule has 1 aromatic carbocycles. The van der Waals surface area contributed by atoms with Gasteiger partial charge < -0.3 is 10.6 Å². The van der Waals surface area contributed by atoms with Gasteiger partial charge in [-0.05, 0) is 46.3 Å². The number of hydrogen-bond donors (Lipinski definition) is 2. The molecule has 2 heterocycles. The summed E-state index contributed by atoms with van der Waals surface area (Å²) in [5, 5.41) is 18.5. The Hall–Kier alpha value is -2.30. The first-order valence-corrected chi connectivity index (χ1v) is 10.4. The summed E-state index contributed by atoms with van der Waals surface area (Å²) in [4.78, 5) is 37.4. The number of halogens is 1. The predicted octanol–water partition coefficient (Wildman–Crippen LogP) is 3.25. The lowest BCUT2D eigenvalue weighted by Gasteiger charge is -2.31. The number of nitrogens with zero attached hydrogens (tertiary/aromatic N) is 2. The minimum absolute atomic E-state index is 0.0449. The molecule has 2 N–H and O–H groups in total. The van der Waals surface area contributed by atoms with E-state index in [4.69, 9.17) is 0 Å². The maximum Gasteiger partial charge on any atom is 0.270 e. The van der Waals surface area contributed by atoms with E-state index in [0.717, 1.165) is 12.8 Å². The Morgan fingerprint density at radius 1 is 1.29 bits per heavy atom. The normalized spacial score (nSPS) is 15.2. The summed E-state index contributed by atoms with van der Waals surface area (Å²) < 4.78 is 0.463. The summed E-state index contributed by atoms with van der Waals surface area (Å²) in [6, 6.07) is 7.98. The van der Waals surface area contributed by atoms with Crippen LogP contribution in [0.15, 0.2) is 40.2 Å². The molecule has 0 radical (unpaired) electrons. The van der Waals surface area contributed by atoms with Gasteiger partial charge in [0.05, 0.1) is 22.0 Å². The maximum atomic E-state index is 12.3. The van der Waals surface area contributed by atoms with Crippen molar-refractivity contribution in [1.82, 2.24) is 10.2 Å². The highest BCUT2D eigenvalue weighted by molar-refractivity contribution is 9.10. The van der Waals surface area contributed by atoms with Crippen LogP contribution in [-0.4, -0.2) is 47.3 Å². The predicted molar refractivity (Wildman–Crippen MR) is 111 cm³/mol. The van der Waals surface area contributed by atoms with Crippen molar-refractivity contribution >= 4 is 50.5 Å². The Kier molecular flexibility index (Phi) is 6.76. The summed E-state index contributed by atoms with van der Waals surface area (Å²) in [5.74, 6) is -0.232. The summed E-state index contributed by atoms with van der Waals surface area (Å²) in [5.41, 5.74) is 0.449. The molecule has 1 aliphatic rings. The topological polar surface area (TPSA) is 105 Å². The third-order valence-electron chi connectivity index (χ3n) is 4.47. The number of rotatable bonds is 6. The number of carbonyl (C=O) groups is 2. The second kappa shape index (κ2) is 9.26. The minimum Gasteiger partial charge on any atom is -0.349 e. The lowest BCUT2D eigenvalue weighted by molar-refractivity contribution is -0.384. The van der Waals surface area contributed by atoms with Crippen LogP contribution in [0, 0.1) is 10.1 Å². The third-order valence-corrected chi connectivity index (χ3v) is 6.00. The molecule has 0 aliphatic carbocycles. The first-order chi connectivity index (χ1) is 13.4. The van der Waals surface area contributed by atoms with Crippen LogP contribution in [0.5, 0.6) is 0 Å². The van der Waals surface area contributed by atoms with E-state index in [0.29, 0.717) is 28.1 Å². The molecule has 0 bridgehead atoms. The molecule has 0 unspecified atom stereocenters. The van der Waals surface area contributed by atoms with Gasteiger partial charge in [-0.1, -0.05) is 6.07 Å². The number of hydrogen-bond acceptors (Lipinski definition) is 6. The molecule has 2 aromatic rings. The van der Waals surface area contributed by atoms with E-state index in [1.54, 1.807) is 6.07 Å². The van der Waals surface area contributed by atoms with E-state index in [9.17, 15) is 19.7 Å². The van der Waals surface area contributed by atoms with Crippen molar-refractivity contribution in [2.45, 2.75) is 18.9 Å². The van der Waals surface area contributed by atoms with E-state index in [1.165, 1.54) is 29.5 Å². The molecular weight excluding hydrogens is 448 g/mol. The Labute approximate surface area is 174 Å². The van der Waals surface area contributed by atoms with Crippen LogP contribution in [-0.2, 0) is 4.79 Å². The summed E-state index contributed by atoms with van der Waals surface area (Å²) in [7, 11) is 0. The Balaban J connectivity index is 1.45. The average Bonchev–Trinajstić information content (AvgIpc) is 3.20. The molecular formula is C18H19BrN4O4S. The second-order valence-electron chi connectivity index (χ2n) is 6.47. The van der Waals surface area contributed by atoms with E-state index in [1.807, 2.05) is 16.3 Å². The minimum atomic E-state index is -0.488. The smallest absolute Gasteiger partial charge is 0.270 e. The van der Waals surface area contributed by atoms with Gasteiger partial charge in [0.25, 0.3) is 11.6 Å².